The summed E-state index contributed by atoms with van der Waals surface area (Å²) in [6.45, 7) is 29.4. The first-order chi connectivity index (χ1) is 42.7. The van der Waals surface area contributed by atoms with Crippen molar-refractivity contribution in [2.75, 3.05) is 49.3 Å². The highest BCUT2D eigenvalue weighted by Gasteiger charge is 2.46. The first-order valence-electron chi connectivity index (χ1n) is 32.7. The first kappa shape index (κ1) is 81.2. The summed E-state index contributed by atoms with van der Waals surface area (Å²) in [5.41, 5.74) is 0.492. The fraction of sp³-hybridized carbons (Fsp3) is 0.746. The van der Waals surface area contributed by atoms with Crippen LogP contribution in [0.5, 0.6) is 0 Å². The molecule has 522 valence electrons. The summed E-state index contributed by atoms with van der Waals surface area (Å²) in [7, 11) is 9.75. The van der Waals surface area contributed by atoms with Gasteiger partial charge in [0, 0.05) is 54.9 Å². The lowest BCUT2D eigenvalue weighted by molar-refractivity contribution is -0.169. The maximum atomic E-state index is 15.3. The van der Waals surface area contributed by atoms with E-state index in [1.165, 1.54) is 95.3 Å². The van der Waals surface area contributed by atoms with Gasteiger partial charge in [0.2, 0.25) is 65.3 Å². The molecule has 1 aliphatic heterocycles. The number of aliphatic hydroxyl groups is 1. The largest absolute Gasteiger partial charge is 0.472 e. The van der Waals surface area contributed by atoms with Gasteiger partial charge < -0.3 is 69.8 Å². The molecule has 1 saturated heterocycles. The molecular weight excluding hydrogens is 1180 g/mol. The SMILES string of the molecule is C/C=C/C[C@@H](C)[C@@H](O)[C@H]1C(=O)N[C@@H](CC)C(=O)N(C)[C@H](OCc2ccoc2)C(=O)N(C)[C@@H](CC(C)C)C(=O)N[C@@H](C(C)C)C(=O)N(C)[C@@H](CC(C)C)C(=O)N[C@@H](C)C(=O)N[C@H](C)C(=O)N(C)[C@@H](CC(C)C)C(=O)N(C)[C@@H](CC(C)C)C(=O)N(C)[C@@H](C(C)C)C(=O)N1C. The van der Waals surface area contributed by atoms with Crippen LogP contribution in [-0.2, 0) is 64.1 Å². The fourth-order valence-electron chi connectivity index (χ4n) is 11.4. The normalized spacial score (nSPS) is 26.6. The summed E-state index contributed by atoms with van der Waals surface area (Å²) >= 11 is 0. The molecule has 25 heteroatoms. The quantitative estimate of drug-likeness (QED) is 0.127. The van der Waals surface area contributed by atoms with Crippen LogP contribution < -0.4 is 21.3 Å². The zero-order valence-corrected chi connectivity index (χ0v) is 59.7. The average molecular weight is 1300 g/mol. The van der Waals surface area contributed by atoms with Gasteiger partial charge in [0.05, 0.1) is 25.2 Å². The van der Waals surface area contributed by atoms with E-state index in [-0.39, 0.29) is 68.8 Å². The highest BCUT2D eigenvalue weighted by atomic mass is 16.5. The van der Waals surface area contributed by atoms with Gasteiger partial charge in [0.1, 0.15) is 60.4 Å². The zero-order valence-electron chi connectivity index (χ0n) is 59.7. The third-order valence-electron chi connectivity index (χ3n) is 17.2. The number of likely N-dealkylation sites (N-methyl/N-ethyl adjacent to an activating group) is 7. The number of hydrogen-bond acceptors (Lipinski definition) is 14. The standard InChI is InChI=1S/C67H115N11O14/c1-25-27-28-43(15)55(79)54-59(83)70-47(26-2)61(85)78(24)67(92-36-46-29-30-91-35-46)66(90)73(19)49(32-38(5)6)58(82)71-52(41(11)12)64(88)72(18)48(31-37(3)4)57(81)68-44(16)56(80)69-45(17)60(84)74(20)50(33-39(7)8)62(86)75(21)51(34-40(9)10)63(87)76(22)53(42(13)14)65(89)77(54)23/h25,27,29-30,35,37-45,47-55,67,79H,26,28,31-34,36H2,1-24H3,(H,68,81)(H,69,80)(H,70,83)(H,71,82)/b27-25+/t43-,44+,45-,47+,48+,49+,50+,51+,52+,53+,54+,55-,67-/m1/s1. The van der Waals surface area contributed by atoms with Gasteiger partial charge in [0.25, 0.3) is 5.91 Å². The maximum Gasteiger partial charge on any atom is 0.273 e. The Kier molecular flexibility index (Phi) is 32.8. The van der Waals surface area contributed by atoms with Crippen LogP contribution in [0, 0.1) is 41.4 Å². The Bertz CT molecular complexity index is 2660. The van der Waals surface area contributed by atoms with Gasteiger partial charge >= 0.3 is 0 Å². The molecule has 1 aromatic heterocycles. The number of allylic oxidation sites excluding steroid dienone is 2. The molecule has 0 spiro atoms. The molecule has 0 aromatic carbocycles. The average Bonchev–Trinajstić information content (AvgIpc) is 1.03. The van der Waals surface area contributed by atoms with Gasteiger partial charge in [-0.15, -0.1) is 0 Å². The summed E-state index contributed by atoms with van der Waals surface area (Å²) in [5.74, 6) is -10.6. The van der Waals surface area contributed by atoms with Crippen LogP contribution in [0.4, 0.5) is 0 Å². The smallest absolute Gasteiger partial charge is 0.273 e. The number of furan rings is 1. The number of ether oxygens (including phenoxy) is 1. The molecule has 2 rings (SSSR count). The number of nitrogens with one attached hydrogen (secondary N) is 4. The molecule has 2 heterocycles. The van der Waals surface area contributed by atoms with Crippen molar-refractivity contribution in [1.29, 1.82) is 0 Å². The van der Waals surface area contributed by atoms with E-state index in [1.807, 2.05) is 55.4 Å². The van der Waals surface area contributed by atoms with Crippen molar-refractivity contribution in [2.24, 2.45) is 41.4 Å². The Balaban J connectivity index is 3.10. The second kappa shape index (κ2) is 37.1. The molecule has 0 radical (unpaired) electrons. The molecule has 0 saturated carbocycles. The highest BCUT2D eigenvalue weighted by Crippen LogP contribution is 2.26. The minimum absolute atomic E-state index is 0.0660. The van der Waals surface area contributed by atoms with Crippen molar-refractivity contribution in [3.8, 4) is 0 Å². The number of nitrogens with zero attached hydrogens (tertiary/aromatic N) is 7. The predicted octanol–water partition coefficient (Wildman–Crippen LogP) is 4.40. The molecule has 0 bridgehead atoms. The maximum absolute atomic E-state index is 15.3. The van der Waals surface area contributed by atoms with E-state index in [2.05, 4.69) is 21.3 Å². The lowest BCUT2D eigenvalue weighted by Gasteiger charge is -2.41. The van der Waals surface area contributed by atoms with Crippen molar-refractivity contribution < 1.29 is 67.0 Å². The first-order valence-corrected chi connectivity index (χ1v) is 32.7. The summed E-state index contributed by atoms with van der Waals surface area (Å²) < 4.78 is 11.5. The van der Waals surface area contributed by atoms with Crippen molar-refractivity contribution in [2.45, 2.75) is 236 Å². The van der Waals surface area contributed by atoms with E-state index >= 15 is 28.8 Å². The molecule has 5 N–H and O–H groups in total. The van der Waals surface area contributed by atoms with Crippen molar-refractivity contribution in [1.82, 2.24) is 55.6 Å². The van der Waals surface area contributed by atoms with Crippen molar-refractivity contribution in [3.63, 3.8) is 0 Å². The topological polar surface area (TPSA) is 301 Å². The van der Waals surface area contributed by atoms with Crippen molar-refractivity contribution >= 4 is 65.0 Å². The van der Waals surface area contributed by atoms with Crippen LogP contribution in [-0.4, -0.2) is 226 Å². The van der Waals surface area contributed by atoms with Gasteiger partial charge in [-0.3, -0.25) is 52.7 Å². The van der Waals surface area contributed by atoms with Gasteiger partial charge in [-0.05, 0) is 107 Å². The molecule has 1 aliphatic rings. The number of rotatable bonds is 18. The molecule has 0 unspecified atom stereocenters. The number of hydrogen-bond donors (Lipinski definition) is 5. The van der Waals surface area contributed by atoms with Crippen LogP contribution in [0.2, 0.25) is 0 Å². The summed E-state index contributed by atoms with van der Waals surface area (Å²) in [6, 6.07) is -11.3. The van der Waals surface area contributed by atoms with E-state index in [1.54, 1.807) is 66.7 Å². The van der Waals surface area contributed by atoms with Crippen molar-refractivity contribution in [3.05, 3.63) is 36.3 Å². The molecule has 13 atom stereocenters. The Morgan fingerprint density at radius 3 is 1.40 bits per heavy atom. The lowest BCUT2D eigenvalue weighted by Crippen LogP contribution is -2.64. The van der Waals surface area contributed by atoms with Gasteiger partial charge in [0.15, 0.2) is 0 Å². The fourth-order valence-corrected chi connectivity index (χ4v) is 11.4. The summed E-state index contributed by atoms with van der Waals surface area (Å²) in [5, 5.41) is 23.3. The molecule has 0 aliphatic carbocycles. The Labute approximate surface area is 548 Å². The van der Waals surface area contributed by atoms with Crippen LogP contribution in [0.1, 0.15) is 162 Å². The third-order valence-corrected chi connectivity index (χ3v) is 17.2. The number of aliphatic hydroxyl groups excluding tert-OH is 1. The predicted molar refractivity (Wildman–Crippen MR) is 351 cm³/mol. The van der Waals surface area contributed by atoms with Crippen LogP contribution in [0.25, 0.3) is 0 Å². The lowest BCUT2D eigenvalue weighted by atomic mass is 9.91. The van der Waals surface area contributed by atoms with E-state index < -0.39 is 155 Å². The molecule has 11 amide bonds. The van der Waals surface area contributed by atoms with E-state index in [0.717, 1.165) is 14.7 Å². The second-order valence-electron chi connectivity index (χ2n) is 27.6. The zero-order chi connectivity index (χ0) is 70.7. The van der Waals surface area contributed by atoms with Gasteiger partial charge in [-0.25, -0.2) is 0 Å². The number of carbonyl (C=O) groups excluding carboxylic acids is 11. The molecule has 1 aromatic rings. The summed E-state index contributed by atoms with van der Waals surface area (Å²) in [4.78, 5) is 172. The molecule has 25 nitrogen and oxygen atoms in total. The number of carbonyl (C=O) groups is 11. The van der Waals surface area contributed by atoms with E-state index in [9.17, 15) is 29.1 Å². The minimum Gasteiger partial charge on any atom is -0.472 e. The number of amides is 11. The summed E-state index contributed by atoms with van der Waals surface area (Å²) in [6.07, 6.45) is 3.73. The van der Waals surface area contributed by atoms with E-state index in [0.29, 0.717) is 5.56 Å². The third kappa shape index (κ3) is 22.1. The van der Waals surface area contributed by atoms with Crippen LogP contribution in [0.3, 0.4) is 0 Å². The van der Waals surface area contributed by atoms with Crippen LogP contribution >= 0.6 is 0 Å². The molecule has 92 heavy (non-hydrogen) atoms. The van der Waals surface area contributed by atoms with Gasteiger partial charge in [-0.2, -0.15) is 0 Å². The van der Waals surface area contributed by atoms with Gasteiger partial charge in [-0.1, -0.05) is 109 Å². The Morgan fingerprint density at radius 1 is 0.500 bits per heavy atom. The molecule has 1 fully saturated rings. The Morgan fingerprint density at radius 2 is 0.946 bits per heavy atom. The van der Waals surface area contributed by atoms with Crippen LogP contribution in [0.15, 0.2) is 35.2 Å². The molecular formula is C67H115N11O14. The Hall–Kier alpha value is -6.89. The highest BCUT2D eigenvalue weighted by molar-refractivity contribution is 6.00. The second-order valence-corrected chi connectivity index (χ2v) is 27.6. The van der Waals surface area contributed by atoms with E-state index in [4.69, 9.17) is 9.15 Å². The monoisotopic (exact) mass is 1300 g/mol. The minimum atomic E-state index is -1.76.